The molecule has 0 bridgehead atoms. The maximum absolute atomic E-state index is 12.2. The summed E-state index contributed by atoms with van der Waals surface area (Å²) in [5, 5.41) is 2.38. The molecule has 0 unspecified atom stereocenters. The van der Waals surface area contributed by atoms with Gasteiger partial charge >= 0.3 is 0 Å². The monoisotopic (exact) mass is 190 g/mol. The molecule has 0 spiro atoms. The molecule has 1 N–H and O–H groups in total. The normalized spacial score (nSPS) is 12.5. The smallest absolute Gasteiger partial charge is 0.279 e. The lowest BCUT2D eigenvalue weighted by atomic mass is 10.1. The topological polar surface area (TPSA) is 37.8 Å². The largest absolute Gasteiger partial charge is 0.293 e. The van der Waals surface area contributed by atoms with Gasteiger partial charge in [0.1, 0.15) is 5.69 Å². The minimum Gasteiger partial charge on any atom is -0.293 e. The number of alkyl halides is 2. The van der Waals surface area contributed by atoms with Gasteiger partial charge in [-0.3, -0.25) is 9.89 Å². The Balaban J connectivity index is 3.19. The second kappa shape index (κ2) is 2.97. The van der Waals surface area contributed by atoms with Crippen LogP contribution in [-0.2, 0) is 5.54 Å². The van der Waals surface area contributed by atoms with Crippen LogP contribution in [0.4, 0.5) is 8.78 Å². The molecule has 13 heavy (non-hydrogen) atoms. The highest BCUT2D eigenvalue weighted by atomic mass is 19.3. The predicted molar refractivity (Wildman–Crippen MR) is 45.0 cm³/mol. The van der Waals surface area contributed by atoms with Crippen molar-refractivity contribution in [3.63, 3.8) is 0 Å². The quantitative estimate of drug-likeness (QED) is 0.721. The van der Waals surface area contributed by atoms with Gasteiger partial charge in [-0.1, -0.05) is 0 Å². The summed E-state index contributed by atoms with van der Waals surface area (Å²) in [5.41, 5.74) is -1.26. The number of rotatable bonds is 1. The first-order chi connectivity index (χ1) is 5.82. The molecule has 0 fully saturated rings. The lowest BCUT2D eigenvalue weighted by Crippen LogP contribution is -2.32. The number of aromatic nitrogens is 2. The Morgan fingerprint density at radius 1 is 1.46 bits per heavy atom. The van der Waals surface area contributed by atoms with Crippen LogP contribution >= 0.6 is 0 Å². The minimum atomic E-state index is -2.63. The molecule has 0 radical (unpaired) electrons. The summed E-state index contributed by atoms with van der Waals surface area (Å²) >= 11 is 0. The molecule has 1 aromatic rings. The van der Waals surface area contributed by atoms with Crippen molar-refractivity contribution in [2.75, 3.05) is 0 Å². The molecule has 0 saturated heterocycles. The fraction of sp³-hybridized carbons (Fsp3) is 0.625. The number of H-pyrrole nitrogens is 1. The Morgan fingerprint density at radius 2 is 2.00 bits per heavy atom. The van der Waals surface area contributed by atoms with Gasteiger partial charge < -0.3 is 0 Å². The van der Waals surface area contributed by atoms with E-state index in [2.05, 4.69) is 5.10 Å². The summed E-state index contributed by atoms with van der Waals surface area (Å²) < 4.78 is 25.5. The Morgan fingerprint density at radius 3 is 2.23 bits per heavy atom. The third-order valence-electron chi connectivity index (χ3n) is 1.65. The van der Waals surface area contributed by atoms with Crippen molar-refractivity contribution < 1.29 is 8.78 Å². The SMILES string of the molecule is CC(C)(C)n1[nH]c(C(F)F)cc1=O. The highest BCUT2D eigenvalue weighted by Gasteiger charge is 2.19. The first-order valence-corrected chi connectivity index (χ1v) is 3.93. The number of aromatic amines is 1. The van der Waals surface area contributed by atoms with E-state index in [9.17, 15) is 13.6 Å². The standard InChI is InChI=1S/C8H12F2N2O/c1-8(2,3)12-6(13)4-5(11-12)7(9)10/h4,7,11H,1-3H3. The summed E-state index contributed by atoms with van der Waals surface area (Å²) in [6.07, 6.45) is -2.63. The molecule has 1 rings (SSSR count). The number of halogens is 2. The van der Waals surface area contributed by atoms with E-state index in [1.165, 1.54) is 4.68 Å². The first kappa shape index (κ1) is 9.95. The van der Waals surface area contributed by atoms with Crippen molar-refractivity contribution in [1.29, 1.82) is 0 Å². The molecular weight excluding hydrogens is 178 g/mol. The lowest BCUT2D eigenvalue weighted by Gasteiger charge is -2.19. The van der Waals surface area contributed by atoms with Crippen molar-refractivity contribution in [3.8, 4) is 0 Å². The molecule has 0 aliphatic heterocycles. The second-order valence-corrected chi connectivity index (χ2v) is 3.86. The van der Waals surface area contributed by atoms with Gasteiger partial charge in [-0.2, -0.15) is 0 Å². The van der Waals surface area contributed by atoms with Gasteiger partial charge in [-0.05, 0) is 20.8 Å². The van der Waals surface area contributed by atoms with Gasteiger partial charge in [0, 0.05) is 6.07 Å². The molecule has 0 amide bonds. The van der Waals surface area contributed by atoms with Gasteiger partial charge in [0.05, 0.1) is 5.54 Å². The van der Waals surface area contributed by atoms with Crippen LogP contribution in [0.3, 0.4) is 0 Å². The summed E-state index contributed by atoms with van der Waals surface area (Å²) in [6.45, 7) is 5.29. The molecule has 1 aromatic heterocycles. The van der Waals surface area contributed by atoms with Crippen LogP contribution in [0.1, 0.15) is 32.9 Å². The van der Waals surface area contributed by atoms with E-state index in [0.29, 0.717) is 0 Å². The number of hydrogen-bond acceptors (Lipinski definition) is 1. The zero-order valence-electron chi connectivity index (χ0n) is 7.77. The fourth-order valence-electron chi connectivity index (χ4n) is 1.02. The van der Waals surface area contributed by atoms with Crippen molar-refractivity contribution in [1.82, 2.24) is 9.78 Å². The van der Waals surface area contributed by atoms with Crippen LogP contribution < -0.4 is 5.56 Å². The van der Waals surface area contributed by atoms with Crippen molar-refractivity contribution in [2.24, 2.45) is 0 Å². The molecule has 0 saturated carbocycles. The molecule has 5 heteroatoms. The van der Waals surface area contributed by atoms with Gasteiger partial charge in [0.2, 0.25) is 0 Å². The Labute approximate surface area is 74.4 Å². The van der Waals surface area contributed by atoms with Crippen LogP contribution in [0.2, 0.25) is 0 Å². The molecule has 3 nitrogen and oxygen atoms in total. The van der Waals surface area contributed by atoms with Crippen LogP contribution in [0.5, 0.6) is 0 Å². The average molecular weight is 190 g/mol. The first-order valence-electron chi connectivity index (χ1n) is 3.93. The van der Waals surface area contributed by atoms with E-state index in [0.717, 1.165) is 6.07 Å². The van der Waals surface area contributed by atoms with Crippen LogP contribution in [0.25, 0.3) is 0 Å². The third-order valence-corrected chi connectivity index (χ3v) is 1.65. The number of nitrogens with one attached hydrogen (secondary N) is 1. The van der Waals surface area contributed by atoms with Crippen LogP contribution in [0, 0.1) is 0 Å². The van der Waals surface area contributed by atoms with E-state index >= 15 is 0 Å². The highest BCUT2D eigenvalue weighted by Crippen LogP contribution is 2.16. The molecular formula is C8H12F2N2O. The van der Waals surface area contributed by atoms with Gasteiger partial charge in [-0.25, -0.2) is 13.5 Å². The van der Waals surface area contributed by atoms with E-state index in [4.69, 9.17) is 0 Å². The highest BCUT2D eigenvalue weighted by molar-refractivity contribution is 5.02. The maximum atomic E-state index is 12.2. The molecule has 0 atom stereocenters. The lowest BCUT2D eigenvalue weighted by molar-refractivity contribution is 0.143. The third kappa shape index (κ3) is 1.96. The summed E-state index contributed by atoms with van der Waals surface area (Å²) in [6, 6.07) is 0.927. The zero-order valence-corrected chi connectivity index (χ0v) is 7.77. The van der Waals surface area contributed by atoms with Gasteiger partial charge in [0.15, 0.2) is 0 Å². The fourth-order valence-corrected chi connectivity index (χ4v) is 1.02. The molecule has 0 aromatic carbocycles. The van der Waals surface area contributed by atoms with E-state index < -0.39 is 17.5 Å². The summed E-state index contributed by atoms with van der Waals surface area (Å²) in [5.74, 6) is 0. The van der Waals surface area contributed by atoms with E-state index in [-0.39, 0.29) is 5.69 Å². The van der Waals surface area contributed by atoms with Crippen molar-refractivity contribution in [2.45, 2.75) is 32.7 Å². The molecule has 0 aliphatic carbocycles. The minimum absolute atomic E-state index is 0.333. The van der Waals surface area contributed by atoms with Crippen LogP contribution in [0.15, 0.2) is 10.9 Å². The van der Waals surface area contributed by atoms with Gasteiger partial charge in [-0.15, -0.1) is 0 Å². The average Bonchev–Trinajstić information content (AvgIpc) is 2.29. The second-order valence-electron chi connectivity index (χ2n) is 3.86. The van der Waals surface area contributed by atoms with Crippen LogP contribution in [-0.4, -0.2) is 9.78 Å². The Bertz CT molecular complexity index is 346. The molecule has 0 aliphatic rings. The molecule has 74 valence electrons. The van der Waals surface area contributed by atoms with E-state index in [1.807, 2.05) is 0 Å². The summed E-state index contributed by atoms with van der Waals surface area (Å²) in [4.78, 5) is 11.2. The van der Waals surface area contributed by atoms with Crippen molar-refractivity contribution >= 4 is 0 Å². The number of hydrogen-bond donors (Lipinski definition) is 1. The van der Waals surface area contributed by atoms with Gasteiger partial charge in [0.25, 0.3) is 12.0 Å². The maximum Gasteiger partial charge on any atom is 0.279 e. The van der Waals surface area contributed by atoms with E-state index in [1.54, 1.807) is 20.8 Å². The van der Waals surface area contributed by atoms with Crippen molar-refractivity contribution in [3.05, 3.63) is 22.1 Å². The number of nitrogens with zero attached hydrogens (tertiary/aromatic N) is 1. The predicted octanol–water partition coefficient (Wildman–Crippen LogP) is 1.87. The summed E-state index contributed by atoms with van der Waals surface area (Å²) in [7, 11) is 0. The Kier molecular flexibility index (Phi) is 2.28. The zero-order chi connectivity index (χ0) is 10.2. The molecule has 1 heterocycles. The Hall–Kier alpha value is -1.13.